The maximum atomic E-state index is 10.9. The molecule has 76 valence electrons. The highest BCUT2D eigenvalue weighted by Gasteiger charge is 2.42. The van der Waals surface area contributed by atoms with Crippen LogP contribution in [0.2, 0.25) is 0 Å². The van der Waals surface area contributed by atoms with Gasteiger partial charge in [0.25, 0.3) is 0 Å². The first-order chi connectivity index (χ1) is 5.89. The molecule has 1 aliphatic rings. The van der Waals surface area contributed by atoms with E-state index < -0.39 is 0 Å². The van der Waals surface area contributed by atoms with Crippen molar-refractivity contribution in [2.45, 2.75) is 39.5 Å². The van der Waals surface area contributed by atoms with E-state index in [0.717, 1.165) is 19.3 Å². The van der Waals surface area contributed by atoms with Gasteiger partial charge in [0.1, 0.15) is 0 Å². The maximum Gasteiger partial charge on any atom is 0.218 e. The van der Waals surface area contributed by atoms with Crippen LogP contribution in [-0.2, 0) is 4.79 Å². The zero-order valence-corrected chi connectivity index (χ0v) is 8.60. The Morgan fingerprint density at radius 2 is 2.00 bits per heavy atom. The second-order valence-electron chi connectivity index (χ2n) is 5.19. The van der Waals surface area contributed by atoms with Crippen LogP contribution in [0.5, 0.6) is 0 Å². The topological polar surface area (TPSA) is 69.1 Å². The SMILES string of the molecule is CC1(C)CCC(CN)(CC(N)=O)C1. The number of amides is 1. The van der Waals surface area contributed by atoms with E-state index in [9.17, 15) is 4.79 Å². The molecule has 1 unspecified atom stereocenters. The fourth-order valence-electron chi connectivity index (χ4n) is 2.56. The summed E-state index contributed by atoms with van der Waals surface area (Å²) < 4.78 is 0. The molecule has 1 amide bonds. The van der Waals surface area contributed by atoms with Gasteiger partial charge in [-0.3, -0.25) is 4.79 Å². The Morgan fingerprint density at radius 3 is 2.31 bits per heavy atom. The number of carbonyl (C=O) groups is 1. The highest BCUT2D eigenvalue weighted by Crippen LogP contribution is 2.50. The molecular formula is C10H20N2O. The minimum atomic E-state index is -0.219. The Hall–Kier alpha value is -0.570. The van der Waals surface area contributed by atoms with Crippen molar-refractivity contribution in [3.05, 3.63) is 0 Å². The van der Waals surface area contributed by atoms with E-state index in [1.54, 1.807) is 0 Å². The molecule has 13 heavy (non-hydrogen) atoms. The summed E-state index contributed by atoms with van der Waals surface area (Å²) in [6.45, 7) is 5.04. The minimum absolute atomic E-state index is 0.00463. The predicted molar refractivity (Wildman–Crippen MR) is 52.9 cm³/mol. The number of carbonyl (C=O) groups excluding carboxylic acids is 1. The number of hydrogen-bond donors (Lipinski definition) is 2. The molecule has 1 atom stereocenters. The number of rotatable bonds is 3. The fourth-order valence-corrected chi connectivity index (χ4v) is 2.56. The van der Waals surface area contributed by atoms with Gasteiger partial charge >= 0.3 is 0 Å². The first kappa shape index (κ1) is 10.5. The zero-order chi connectivity index (χ0) is 10.1. The van der Waals surface area contributed by atoms with Gasteiger partial charge in [-0.2, -0.15) is 0 Å². The van der Waals surface area contributed by atoms with E-state index >= 15 is 0 Å². The van der Waals surface area contributed by atoms with Crippen LogP contribution in [0.15, 0.2) is 0 Å². The van der Waals surface area contributed by atoms with E-state index in [2.05, 4.69) is 13.8 Å². The van der Waals surface area contributed by atoms with Crippen LogP contribution in [0.25, 0.3) is 0 Å². The Morgan fingerprint density at radius 1 is 1.38 bits per heavy atom. The molecule has 1 aliphatic carbocycles. The third kappa shape index (κ3) is 2.44. The van der Waals surface area contributed by atoms with E-state index in [1.165, 1.54) is 0 Å². The van der Waals surface area contributed by atoms with Gasteiger partial charge in [-0.05, 0) is 36.6 Å². The summed E-state index contributed by atoms with van der Waals surface area (Å²) >= 11 is 0. The summed E-state index contributed by atoms with van der Waals surface area (Å²) in [4.78, 5) is 10.9. The predicted octanol–water partition coefficient (Wildman–Crippen LogP) is 1.02. The van der Waals surface area contributed by atoms with Crippen molar-refractivity contribution in [1.29, 1.82) is 0 Å². The summed E-state index contributed by atoms with van der Waals surface area (Å²) in [5, 5.41) is 0. The van der Waals surface area contributed by atoms with Gasteiger partial charge in [0.05, 0.1) is 0 Å². The van der Waals surface area contributed by atoms with Gasteiger partial charge < -0.3 is 11.5 Å². The molecule has 0 saturated heterocycles. The lowest BCUT2D eigenvalue weighted by Crippen LogP contribution is -2.33. The highest BCUT2D eigenvalue weighted by molar-refractivity contribution is 5.74. The average molecular weight is 184 g/mol. The normalized spacial score (nSPS) is 31.9. The third-order valence-electron chi connectivity index (χ3n) is 3.17. The van der Waals surface area contributed by atoms with Gasteiger partial charge in [0.15, 0.2) is 0 Å². The Balaban J connectivity index is 2.68. The molecule has 0 aromatic heterocycles. The minimum Gasteiger partial charge on any atom is -0.370 e. The van der Waals surface area contributed by atoms with Gasteiger partial charge in [0.2, 0.25) is 5.91 Å². The Bertz CT molecular complexity index is 213. The number of nitrogens with two attached hydrogens (primary N) is 2. The third-order valence-corrected chi connectivity index (χ3v) is 3.17. The van der Waals surface area contributed by atoms with Crippen LogP contribution in [0.1, 0.15) is 39.5 Å². The smallest absolute Gasteiger partial charge is 0.218 e. The monoisotopic (exact) mass is 184 g/mol. The Kier molecular flexibility index (Phi) is 2.66. The average Bonchev–Trinajstić information content (AvgIpc) is 2.26. The molecule has 0 bridgehead atoms. The van der Waals surface area contributed by atoms with Crippen molar-refractivity contribution in [3.63, 3.8) is 0 Å². The van der Waals surface area contributed by atoms with Gasteiger partial charge in [-0.1, -0.05) is 13.8 Å². The molecule has 0 aromatic carbocycles. The summed E-state index contributed by atoms with van der Waals surface area (Å²) in [5.74, 6) is -0.219. The van der Waals surface area contributed by atoms with Gasteiger partial charge in [-0.25, -0.2) is 0 Å². The van der Waals surface area contributed by atoms with Crippen LogP contribution in [0.3, 0.4) is 0 Å². The van der Waals surface area contributed by atoms with Crippen LogP contribution in [0.4, 0.5) is 0 Å². The summed E-state index contributed by atoms with van der Waals surface area (Å²) in [7, 11) is 0. The number of hydrogen-bond acceptors (Lipinski definition) is 2. The summed E-state index contributed by atoms with van der Waals surface area (Å²) in [6, 6.07) is 0. The molecule has 3 heteroatoms. The lowest BCUT2D eigenvalue weighted by Gasteiger charge is -2.28. The molecular weight excluding hydrogens is 164 g/mol. The molecule has 1 saturated carbocycles. The molecule has 1 rings (SSSR count). The Labute approximate surface area is 79.9 Å². The van der Waals surface area contributed by atoms with Crippen LogP contribution >= 0.6 is 0 Å². The molecule has 0 aromatic rings. The van der Waals surface area contributed by atoms with E-state index in [-0.39, 0.29) is 11.3 Å². The molecule has 1 fully saturated rings. The van der Waals surface area contributed by atoms with E-state index in [0.29, 0.717) is 18.4 Å². The molecule has 3 nitrogen and oxygen atoms in total. The lowest BCUT2D eigenvalue weighted by molar-refractivity contribution is -0.120. The quantitative estimate of drug-likeness (QED) is 0.687. The highest BCUT2D eigenvalue weighted by atomic mass is 16.1. The second-order valence-corrected chi connectivity index (χ2v) is 5.19. The van der Waals surface area contributed by atoms with Crippen LogP contribution in [-0.4, -0.2) is 12.5 Å². The van der Waals surface area contributed by atoms with Crippen molar-refractivity contribution in [1.82, 2.24) is 0 Å². The largest absolute Gasteiger partial charge is 0.370 e. The van der Waals surface area contributed by atoms with Crippen molar-refractivity contribution < 1.29 is 4.79 Å². The van der Waals surface area contributed by atoms with Crippen LogP contribution < -0.4 is 11.5 Å². The fraction of sp³-hybridized carbons (Fsp3) is 0.900. The molecule has 0 heterocycles. The van der Waals surface area contributed by atoms with E-state index in [1.807, 2.05) is 0 Å². The zero-order valence-electron chi connectivity index (χ0n) is 8.60. The standard InChI is InChI=1S/C10H20N2O/c1-9(2)3-4-10(6-9,7-11)5-8(12)13/h3-7,11H2,1-2H3,(H2,12,13). The summed E-state index contributed by atoms with van der Waals surface area (Å²) in [6.07, 6.45) is 3.67. The van der Waals surface area contributed by atoms with Crippen molar-refractivity contribution >= 4 is 5.91 Å². The first-order valence-corrected chi connectivity index (χ1v) is 4.88. The van der Waals surface area contributed by atoms with Crippen molar-refractivity contribution in [2.75, 3.05) is 6.54 Å². The van der Waals surface area contributed by atoms with E-state index in [4.69, 9.17) is 11.5 Å². The first-order valence-electron chi connectivity index (χ1n) is 4.88. The van der Waals surface area contributed by atoms with Gasteiger partial charge in [0, 0.05) is 6.42 Å². The summed E-state index contributed by atoms with van der Waals surface area (Å²) in [5.41, 5.74) is 11.3. The lowest BCUT2D eigenvalue weighted by atomic mass is 9.79. The molecule has 4 N–H and O–H groups in total. The van der Waals surface area contributed by atoms with Crippen LogP contribution in [0, 0.1) is 10.8 Å². The maximum absolute atomic E-state index is 10.9. The van der Waals surface area contributed by atoms with Gasteiger partial charge in [-0.15, -0.1) is 0 Å². The van der Waals surface area contributed by atoms with Crippen molar-refractivity contribution in [2.24, 2.45) is 22.3 Å². The molecule has 0 radical (unpaired) electrons. The van der Waals surface area contributed by atoms with Crippen molar-refractivity contribution in [3.8, 4) is 0 Å². The second kappa shape index (κ2) is 3.29. The molecule has 0 spiro atoms. The molecule has 0 aliphatic heterocycles. The number of primary amides is 1.